The summed E-state index contributed by atoms with van der Waals surface area (Å²) in [5.74, 6) is -0.0367. The number of alkyl halides is 1. The third kappa shape index (κ3) is 6.08. The summed E-state index contributed by atoms with van der Waals surface area (Å²) in [4.78, 5) is 0. The Hall–Kier alpha value is 0.200. The molecule has 5 heteroatoms. The molecule has 0 rings (SSSR count). The van der Waals surface area contributed by atoms with Crippen molar-refractivity contribution in [3.8, 4) is 0 Å². The van der Waals surface area contributed by atoms with E-state index in [9.17, 15) is 8.42 Å². The molecule has 0 aliphatic carbocycles. The normalized spacial score (nSPS) is 15.4. The zero-order valence-electron chi connectivity index (χ0n) is 5.17. The van der Waals surface area contributed by atoms with Crippen LogP contribution in [0.3, 0.4) is 0 Å². The zero-order valence-corrected chi connectivity index (χ0v) is 6.74. The zero-order chi connectivity index (χ0) is 7.49. The Morgan fingerprint density at radius 3 is 2.22 bits per heavy atom. The van der Waals surface area contributed by atoms with E-state index in [0.29, 0.717) is 0 Å². The highest BCUT2D eigenvalue weighted by Crippen LogP contribution is 1.96. The van der Waals surface area contributed by atoms with Crippen molar-refractivity contribution >= 4 is 21.4 Å². The molecule has 9 heavy (non-hydrogen) atoms. The van der Waals surface area contributed by atoms with E-state index in [-0.39, 0.29) is 12.3 Å². The minimum Gasteiger partial charge on any atom is -0.329 e. The standard InChI is InChI=1S/C4H10ClNO2S/c1-9(7,8)3-4(5)2-6/h4H,2-3,6H2,1H3. The first-order valence-corrected chi connectivity index (χ1v) is 4.97. The van der Waals surface area contributed by atoms with E-state index in [1.54, 1.807) is 0 Å². The fraction of sp³-hybridized carbons (Fsp3) is 1.00. The van der Waals surface area contributed by atoms with Crippen LogP contribution in [0, 0.1) is 0 Å². The lowest BCUT2D eigenvalue weighted by Crippen LogP contribution is -2.22. The van der Waals surface area contributed by atoms with Crippen LogP contribution in [0.4, 0.5) is 0 Å². The Morgan fingerprint density at radius 2 is 2.11 bits per heavy atom. The molecule has 0 saturated carbocycles. The summed E-state index contributed by atoms with van der Waals surface area (Å²) in [5.41, 5.74) is 5.08. The van der Waals surface area contributed by atoms with Gasteiger partial charge in [0.05, 0.1) is 11.1 Å². The van der Waals surface area contributed by atoms with Crippen LogP contribution in [-0.4, -0.2) is 32.3 Å². The highest BCUT2D eigenvalue weighted by Gasteiger charge is 2.09. The van der Waals surface area contributed by atoms with Crippen molar-refractivity contribution in [2.24, 2.45) is 5.73 Å². The van der Waals surface area contributed by atoms with Crippen molar-refractivity contribution in [3.63, 3.8) is 0 Å². The summed E-state index contributed by atoms with van der Waals surface area (Å²) in [6, 6.07) is 0. The predicted octanol–water partition coefficient (Wildman–Crippen LogP) is -0.403. The second-order valence-electron chi connectivity index (χ2n) is 1.93. The Labute approximate surface area is 60.1 Å². The number of hydrogen-bond acceptors (Lipinski definition) is 3. The van der Waals surface area contributed by atoms with Gasteiger partial charge in [0.15, 0.2) is 0 Å². The molecule has 0 fully saturated rings. The highest BCUT2D eigenvalue weighted by molar-refractivity contribution is 7.90. The van der Waals surface area contributed by atoms with Gasteiger partial charge in [0.1, 0.15) is 9.84 Å². The maximum Gasteiger partial charge on any atom is 0.148 e. The third-order valence-electron chi connectivity index (χ3n) is 0.739. The molecule has 2 N–H and O–H groups in total. The van der Waals surface area contributed by atoms with Crippen LogP contribution < -0.4 is 5.73 Å². The van der Waals surface area contributed by atoms with Gasteiger partial charge in [-0.25, -0.2) is 8.42 Å². The molecular weight excluding hydrogens is 162 g/mol. The predicted molar refractivity (Wildman–Crippen MR) is 38.4 cm³/mol. The summed E-state index contributed by atoms with van der Waals surface area (Å²) in [7, 11) is -2.95. The van der Waals surface area contributed by atoms with Gasteiger partial charge in [-0.3, -0.25) is 0 Å². The number of hydrogen-bond donors (Lipinski definition) is 1. The van der Waals surface area contributed by atoms with Crippen LogP contribution in [0.5, 0.6) is 0 Å². The van der Waals surface area contributed by atoms with Crippen LogP contribution in [0.1, 0.15) is 0 Å². The second kappa shape index (κ2) is 3.39. The Bertz CT molecular complexity index is 165. The molecule has 0 heterocycles. The van der Waals surface area contributed by atoms with Gasteiger partial charge in [-0.2, -0.15) is 0 Å². The van der Waals surface area contributed by atoms with Gasteiger partial charge in [-0.1, -0.05) is 0 Å². The van der Waals surface area contributed by atoms with Crippen molar-refractivity contribution in [2.45, 2.75) is 5.38 Å². The minimum atomic E-state index is -2.95. The fourth-order valence-corrected chi connectivity index (χ4v) is 1.88. The monoisotopic (exact) mass is 171 g/mol. The lowest BCUT2D eigenvalue weighted by molar-refractivity contribution is 0.600. The Kier molecular flexibility index (Phi) is 3.46. The van der Waals surface area contributed by atoms with E-state index in [2.05, 4.69) is 0 Å². The molecule has 1 atom stereocenters. The van der Waals surface area contributed by atoms with Crippen LogP contribution in [0.25, 0.3) is 0 Å². The molecule has 0 bridgehead atoms. The molecule has 0 aliphatic heterocycles. The van der Waals surface area contributed by atoms with Gasteiger partial charge in [-0.15, -0.1) is 11.6 Å². The third-order valence-corrected chi connectivity index (χ3v) is 2.26. The average molecular weight is 172 g/mol. The van der Waals surface area contributed by atoms with Gasteiger partial charge >= 0.3 is 0 Å². The largest absolute Gasteiger partial charge is 0.329 e. The van der Waals surface area contributed by atoms with Crippen molar-refractivity contribution in [2.75, 3.05) is 18.6 Å². The summed E-state index contributed by atoms with van der Waals surface area (Å²) in [6.45, 7) is 0.203. The molecule has 0 radical (unpaired) electrons. The first-order chi connectivity index (χ1) is 3.95. The summed E-state index contributed by atoms with van der Waals surface area (Å²) >= 11 is 5.45. The maximum atomic E-state index is 10.5. The molecule has 0 aromatic carbocycles. The molecule has 56 valence electrons. The molecule has 0 aromatic heterocycles. The van der Waals surface area contributed by atoms with E-state index < -0.39 is 15.2 Å². The summed E-state index contributed by atoms with van der Waals surface area (Å²) < 4.78 is 20.9. The van der Waals surface area contributed by atoms with E-state index >= 15 is 0 Å². The van der Waals surface area contributed by atoms with E-state index in [1.165, 1.54) is 0 Å². The van der Waals surface area contributed by atoms with E-state index in [4.69, 9.17) is 17.3 Å². The molecule has 0 aromatic rings. The molecule has 1 unspecified atom stereocenters. The number of nitrogens with two attached hydrogens (primary N) is 1. The van der Waals surface area contributed by atoms with Gasteiger partial charge in [0.25, 0.3) is 0 Å². The molecule has 0 spiro atoms. The number of halogens is 1. The van der Waals surface area contributed by atoms with Gasteiger partial charge in [-0.05, 0) is 0 Å². The van der Waals surface area contributed by atoms with Crippen LogP contribution >= 0.6 is 11.6 Å². The van der Waals surface area contributed by atoms with Gasteiger partial charge in [0, 0.05) is 12.8 Å². The van der Waals surface area contributed by atoms with Gasteiger partial charge < -0.3 is 5.73 Å². The van der Waals surface area contributed by atoms with Crippen LogP contribution in [0.2, 0.25) is 0 Å². The van der Waals surface area contributed by atoms with Gasteiger partial charge in [0.2, 0.25) is 0 Å². The molecule has 0 saturated heterocycles. The smallest absolute Gasteiger partial charge is 0.148 e. The highest BCUT2D eigenvalue weighted by atomic mass is 35.5. The van der Waals surface area contributed by atoms with Crippen molar-refractivity contribution < 1.29 is 8.42 Å². The summed E-state index contributed by atoms with van der Waals surface area (Å²) in [5, 5.41) is -0.444. The van der Waals surface area contributed by atoms with Crippen molar-refractivity contribution in [1.29, 1.82) is 0 Å². The Balaban J connectivity index is 3.75. The van der Waals surface area contributed by atoms with Crippen LogP contribution in [-0.2, 0) is 9.84 Å². The molecule has 0 aliphatic rings. The second-order valence-corrected chi connectivity index (χ2v) is 4.73. The number of rotatable bonds is 3. The quantitative estimate of drug-likeness (QED) is 0.588. The first kappa shape index (κ1) is 9.20. The van der Waals surface area contributed by atoms with E-state index in [1.807, 2.05) is 0 Å². The molecule has 3 nitrogen and oxygen atoms in total. The van der Waals surface area contributed by atoms with Crippen molar-refractivity contribution in [1.82, 2.24) is 0 Å². The molecular formula is C4H10ClNO2S. The van der Waals surface area contributed by atoms with Crippen molar-refractivity contribution in [3.05, 3.63) is 0 Å². The van der Waals surface area contributed by atoms with E-state index in [0.717, 1.165) is 6.26 Å². The average Bonchev–Trinajstić information content (AvgIpc) is 1.62. The SMILES string of the molecule is CS(=O)(=O)CC(Cl)CN. The fourth-order valence-electron chi connectivity index (χ4n) is 0.397. The topological polar surface area (TPSA) is 60.2 Å². The Morgan fingerprint density at radius 1 is 1.67 bits per heavy atom. The lowest BCUT2D eigenvalue weighted by Gasteiger charge is -2.01. The lowest BCUT2D eigenvalue weighted by atomic mass is 10.5. The minimum absolute atomic E-state index is 0.0367. The van der Waals surface area contributed by atoms with Crippen LogP contribution in [0.15, 0.2) is 0 Å². The number of sulfone groups is 1. The molecule has 0 amide bonds. The maximum absolute atomic E-state index is 10.5. The first-order valence-electron chi connectivity index (χ1n) is 2.47. The summed E-state index contributed by atoms with van der Waals surface area (Å²) in [6.07, 6.45) is 1.14.